The van der Waals surface area contributed by atoms with Crippen LogP contribution >= 0.6 is 0 Å². The molecule has 3 aliphatic rings. The fourth-order valence-corrected chi connectivity index (χ4v) is 6.38. The molecule has 25 heavy (non-hydrogen) atoms. The van der Waals surface area contributed by atoms with Crippen LogP contribution in [0, 0.1) is 0 Å². The first-order chi connectivity index (χ1) is 12.1. The van der Waals surface area contributed by atoms with Crippen LogP contribution in [0.3, 0.4) is 0 Å². The van der Waals surface area contributed by atoms with Crippen LogP contribution in [0.4, 0.5) is 0 Å². The summed E-state index contributed by atoms with van der Waals surface area (Å²) in [4.78, 5) is 28.5. The van der Waals surface area contributed by atoms with Gasteiger partial charge in [-0.05, 0) is 25.0 Å². The first-order valence-electron chi connectivity index (χ1n) is 9.17. The minimum atomic E-state index is -1.16. The van der Waals surface area contributed by atoms with E-state index in [0.29, 0.717) is 31.5 Å². The third-order valence-corrected chi connectivity index (χ3v) is 7.89. The van der Waals surface area contributed by atoms with Crippen molar-refractivity contribution in [3.8, 4) is 0 Å². The molecular formula is C19H24N2O3S. The normalized spacial score (nSPS) is 26.6. The first-order valence-corrected chi connectivity index (χ1v) is 10.5. The van der Waals surface area contributed by atoms with Gasteiger partial charge in [-0.15, -0.1) is 0 Å². The fourth-order valence-electron chi connectivity index (χ4n) is 4.64. The van der Waals surface area contributed by atoms with Crippen molar-refractivity contribution in [2.75, 3.05) is 18.8 Å². The Morgan fingerprint density at radius 2 is 1.72 bits per heavy atom. The third kappa shape index (κ3) is 2.80. The predicted molar refractivity (Wildman–Crippen MR) is 96.4 cm³/mol. The average molecular weight is 360 g/mol. The lowest BCUT2D eigenvalue weighted by Crippen LogP contribution is -2.58. The van der Waals surface area contributed by atoms with E-state index in [0.717, 1.165) is 25.7 Å². The second-order valence-electron chi connectivity index (χ2n) is 7.30. The summed E-state index contributed by atoms with van der Waals surface area (Å²) in [6.07, 6.45) is 5.60. The molecule has 2 saturated heterocycles. The summed E-state index contributed by atoms with van der Waals surface area (Å²) in [6.45, 7) is 1.13. The molecule has 0 radical (unpaired) electrons. The Hall–Kier alpha value is -1.69. The number of likely N-dealkylation sites (tertiary alicyclic amines) is 1. The smallest absolute Gasteiger partial charge is 0.253 e. The number of rotatable bonds is 2. The average Bonchev–Trinajstić information content (AvgIpc) is 3.23. The van der Waals surface area contributed by atoms with Gasteiger partial charge < -0.3 is 9.80 Å². The van der Waals surface area contributed by atoms with Gasteiger partial charge in [0.15, 0.2) is 0 Å². The van der Waals surface area contributed by atoms with E-state index in [1.807, 2.05) is 40.1 Å². The molecule has 0 aromatic heterocycles. The highest BCUT2D eigenvalue weighted by molar-refractivity contribution is 7.87. The highest BCUT2D eigenvalue weighted by atomic mass is 32.2. The molecule has 1 aliphatic carbocycles. The Bertz CT molecular complexity index is 692. The lowest BCUT2D eigenvalue weighted by atomic mass is 9.98. The van der Waals surface area contributed by atoms with Gasteiger partial charge in [-0.2, -0.15) is 0 Å². The van der Waals surface area contributed by atoms with Gasteiger partial charge in [0.05, 0.1) is 10.8 Å². The maximum Gasteiger partial charge on any atom is 0.253 e. The summed E-state index contributed by atoms with van der Waals surface area (Å²) >= 11 is 0. The van der Waals surface area contributed by atoms with Crippen molar-refractivity contribution in [3.05, 3.63) is 35.9 Å². The van der Waals surface area contributed by atoms with E-state index in [1.165, 1.54) is 0 Å². The number of benzene rings is 1. The monoisotopic (exact) mass is 360 g/mol. The van der Waals surface area contributed by atoms with E-state index in [-0.39, 0.29) is 23.6 Å². The minimum absolute atomic E-state index is 0.0259. The number of hydrogen-bond donors (Lipinski definition) is 0. The second-order valence-corrected chi connectivity index (χ2v) is 9.04. The minimum Gasteiger partial charge on any atom is -0.338 e. The summed E-state index contributed by atoms with van der Waals surface area (Å²) < 4.78 is 12.8. The van der Waals surface area contributed by atoms with Crippen LogP contribution in [0.25, 0.3) is 0 Å². The SMILES string of the molecule is O=C(c1ccccc1)N1CCC2(CC1)N(C1CCCC1)C(=O)CS2=O. The van der Waals surface area contributed by atoms with Crippen molar-refractivity contribution in [2.45, 2.75) is 49.4 Å². The van der Waals surface area contributed by atoms with Crippen molar-refractivity contribution in [1.82, 2.24) is 9.80 Å². The van der Waals surface area contributed by atoms with Gasteiger partial charge >= 0.3 is 0 Å². The lowest BCUT2D eigenvalue weighted by molar-refractivity contribution is -0.133. The second kappa shape index (κ2) is 6.56. The topological polar surface area (TPSA) is 57.7 Å². The summed E-state index contributed by atoms with van der Waals surface area (Å²) in [6, 6.07) is 9.53. The molecular weight excluding hydrogens is 336 g/mol. The molecule has 1 aromatic rings. The maximum absolute atomic E-state index is 12.8. The van der Waals surface area contributed by atoms with Crippen molar-refractivity contribution in [2.24, 2.45) is 0 Å². The van der Waals surface area contributed by atoms with Gasteiger partial charge in [0.25, 0.3) is 5.91 Å². The zero-order valence-corrected chi connectivity index (χ0v) is 15.2. The molecule has 1 saturated carbocycles. The molecule has 1 aromatic carbocycles. The molecule has 134 valence electrons. The molecule has 0 N–H and O–H groups in total. The number of piperidine rings is 1. The molecule has 1 atom stereocenters. The van der Waals surface area contributed by atoms with E-state index >= 15 is 0 Å². The fraction of sp³-hybridized carbons (Fsp3) is 0.579. The predicted octanol–water partition coefficient (Wildman–Crippen LogP) is 2.15. The van der Waals surface area contributed by atoms with Crippen LogP contribution < -0.4 is 0 Å². The highest BCUT2D eigenvalue weighted by Gasteiger charge is 2.55. The number of hydrogen-bond acceptors (Lipinski definition) is 3. The van der Waals surface area contributed by atoms with Crippen LogP contribution in [0.1, 0.15) is 48.9 Å². The molecule has 1 unspecified atom stereocenters. The molecule has 2 aliphatic heterocycles. The van der Waals surface area contributed by atoms with Crippen molar-refractivity contribution in [1.29, 1.82) is 0 Å². The lowest BCUT2D eigenvalue weighted by Gasteiger charge is -2.45. The van der Waals surface area contributed by atoms with Crippen LogP contribution in [0.15, 0.2) is 30.3 Å². The molecule has 6 heteroatoms. The zero-order valence-electron chi connectivity index (χ0n) is 14.4. The van der Waals surface area contributed by atoms with E-state index in [4.69, 9.17) is 0 Å². The molecule has 2 amide bonds. The molecule has 0 bridgehead atoms. The largest absolute Gasteiger partial charge is 0.338 e. The number of carbonyl (C=O) groups is 2. The first kappa shape index (κ1) is 16.8. The third-order valence-electron chi connectivity index (χ3n) is 5.93. The van der Waals surface area contributed by atoms with E-state index in [2.05, 4.69) is 0 Å². The summed E-state index contributed by atoms with van der Waals surface area (Å²) in [5, 5.41) is 0. The quantitative estimate of drug-likeness (QED) is 0.812. The van der Waals surface area contributed by atoms with E-state index in [9.17, 15) is 13.8 Å². The van der Waals surface area contributed by atoms with Crippen molar-refractivity contribution in [3.63, 3.8) is 0 Å². The Kier molecular flexibility index (Phi) is 4.40. The van der Waals surface area contributed by atoms with Gasteiger partial charge in [-0.1, -0.05) is 31.0 Å². The van der Waals surface area contributed by atoms with Gasteiger partial charge in [-0.25, -0.2) is 0 Å². The van der Waals surface area contributed by atoms with E-state index in [1.54, 1.807) is 0 Å². The van der Waals surface area contributed by atoms with Gasteiger partial charge in [0, 0.05) is 37.5 Å². The van der Waals surface area contributed by atoms with Crippen LogP contribution in [-0.4, -0.2) is 55.6 Å². The number of carbonyl (C=O) groups excluding carboxylic acids is 2. The molecule has 2 heterocycles. The van der Waals surface area contributed by atoms with Gasteiger partial charge in [0.1, 0.15) is 10.6 Å². The summed E-state index contributed by atoms with van der Waals surface area (Å²) in [5.41, 5.74) is 0.690. The van der Waals surface area contributed by atoms with Gasteiger partial charge in [-0.3, -0.25) is 13.8 Å². The standard InChI is InChI=1S/C19H24N2O3S/c22-17-14-25(24)19(21(17)16-8-4-5-9-16)10-12-20(13-11-19)18(23)15-6-2-1-3-7-15/h1-3,6-7,16H,4-5,8-14H2. The molecule has 3 fully saturated rings. The van der Waals surface area contributed by atoms with Crippen LogP contribution in [-0.2, 0) is 15.6 Å². The van der Waals surface area contributed by atoms with Gasteiger partial charge in [0.2, 0.25) is 5.91 Å². The Labute approximate surface area is 150 Å². The number of amides is 2. The van der Waals surface area contributed by atoms with E-state index < -0.39 is 15.7 Å². The zero-order chi connectivity index (χ0) is 17.4. The highest BCUT2D eigenvalue weighted by Crippen LogP contribution is 2.42. The van der Waals surface area contributed by atoms with Crippen LogP contribution in [0.5, 0.6) is 0 Å². The number of nitrogens with zero attached hydrogens (tertiary/aromatic N) is 2. The maximum atomic E-state index is 12.8. The molecule has 4 rings (SSSR count). The Balaban J connectivity index is 1.52. The Morgan fingerprint density at radius 1 is 1.08 bits per heavy atom. The van der Waals surface area contributed by atoms with Crippen LogP contribution in [0.2, 0.25) is 0 Å². The van der Waals surface area contributed by atoms with Crippen molar-refractivity contribution >= 4 is 22.6 Å². The molecule has 1 spiro atoms. The summed E-state index contributed by atoms with van der Waals surface area (Å²) in [5.74, 6) is 0.231. The summed E-state index contributed by atoms with van der Waals surface area (Å²) in [7, 11) is -1.16. The van der Waals surface area contributed by atoms with Crippen molar-refractivity contribution < 1.29 is 13.8 Å². The molecule has 5 nitrogen and oxygen atoms in total. The Morgan fingerprint density at radius 3 is 2.36 bits per heavy atom.